The molecule has 0 aromatic heterocycles. The topological polar surface area (TPSA) is 26.0 Å². The fraction of sp³-hybridized carbons (Fsp3) is 0.538. The van der Waals surface area contributed by atoms with Crippen molar-refractivity contribution in [1.82, 2.24) is 0 Å². The molecule has 0 spiro atoms. The summed E-state index contributed by atoms with van der Waals surface area (Å²) in [6.45, 7) is 4.70. The SMILES string of the molecule is CC(C)(C)[C@@H](N)c1cc(C(F)(F)F)ccc1C(F)(F)F.Cl. The predicted molar refractivity (Wildman–Crippen MR) is 70.1 cm³/mol. The van der Waals surface area contributed by atoms with Crippen molar-refractivity contribution < 1.29 is 26.3 Å². The van der Waals surface area contributed by atoms with E-state index in [0.717, 1.165) is 0 Å². The average Bonchev–Trinajstić information content (AvgIpc) is 2.23. The number of hydrogen-bond donors (Lipinski definition) is 1. The first-order valence-corrected chi connectivity index (χ1v) is 5.78. The van der Waals surface area contributed by atoms with Gasteiger partial charge in [0.05, 0.1) is 11.1 Å². The van der Waals surface area contributed by atoms with Gasteiger partial charge in [-0.3, -0.25) is 0 Å². The first-order chi connectivity index (χ1) is 8.74. The fourth-order valence-electron chi connectivity index (χ4n) is 1.72. The second-order valence-electron chi connectivity index (χ2n) is 5.64. The molecule has 0 unspecified atom stereocenters. The summed E-state index contributed by atoms with van der Waals surface area (Å²) >= 11 is 0. The third-order valence-electron chi connectivity index (χ3n) is 2.95. The van der Waals surface area contributed by atoms with Gasteiger partial charge >= 0.3 is 12.4 Å². The van der Waals surface area contributed by atoms with E-state index in [0.29, 0.717) is 18.2 Å². The maximum Gasteiger partial charge on any atom is 0.416 e. The van der Waals surface area contributed by atoms with Gasteiger partial charge in [-0.25, -0.2) is 0 Å². The molecule has 2 N–H and O–H groups in total. The Morgan fingerprint density at radius 1 is 0.905 bits per heavy atom. The van der Waals surface area contributed by atoms with Crippen molar-refractivity contribution in [2.75, 3.05) is 0 Å². The highest BCUT2D eigenvalue weighted by Gasteiger charge is 2.39. The van der Waals surface area contributed by atoms with Crippen LogP contribution in [0.5, 0.6) is 0 Å². The molecule has 0 heterocycles. The largest absolute Gasteiger partial charge is 0.416 e. The molecule has 122 valence electrons. The van der Waals surface area contributed by atoms with Crippen molar-refractivity contribution in [1.29, 1.82) is 0 Å². The van der Waals surface area contributed by atoms with E-state index in [1.165, 1.54) is 0 Å². The summed E-state index contributed by atoms with van der Waals surface area (Å²) in [5.41, 5.74) is 2.10. The molecule has 1 atom stereocenters. The zero-order chi connectivity index (χ0) is 15.9. The van der Waals surface area contributed by atoms with E-state index in [9.17, 15) is 26.3 Å². The summed E-state index contributed by atoms with van der Waals surface area (Å²) in [7, 11) is 0. The number of nitrogens with two attached hydrogens (primary N) is 1. The standard InChI is InChI=1S/C13H15F6N.ClH/c1-11(2,3)10(20)8-6-7(12(14,15)16)4-5-9(8)13(17,18)19;/h4-6,10H,20H2,1-3H3;1H/t10-;/m0./s1. The first kappa shape index (κ1) is 20.1. The van der Waals surface area contributed by atoms with Crippen LogP contribution in [0.3, 0.4) is 0 Å². The quantitative estimate of drug-likeness (QED) is 0.702. The molecule has 0 amide bonds. The molecule has 1 aromatic carbocycles. The highest BCUT2D eigenvalue weighted by atomic mass is 35.5. The number of rotatable bonds is 1. The van der Waals surface area contributed by atoms with E-state index in [1.807, 2.05) is 0 Å². The summed E-state index contributed by atoms with van der Waals surface area (Å²) in [5, 5.41) is 0. The lowest BCUT2D eigenvalue weighted by molar-refractivity contribution is -0.142. The Kier molecular flexibility index (Phi) is 5.77. The lowest BCUT2D eigenvalue weighted by Crippen LogP contribution is -2.29. The van der Waals surface area contributed by atoms with Crippen LogP contribution >= 0.6 is 12.4 Å². The maximum atomic E-state index is 12.9. The van der Waals surface area contributed by atoms with Crippen LogP contribution in [0.25, 0.3) is 0 Å². The molecule has 0 saturated carbocycles. The van der Waals surface area contributed by atoms with Crippen molar-refractivity contribution >= 4 is 12.4 Å². The number of hydrogen-bond acceptors (Lipinski definition) is 1. The highest BCUT2D eigenvalue weighted by Crippen LogP contribution is 2.41. The minimum atomic E-state index is -4.75. The van der Waals surface area contributed by atoms with Gasteiger partial charge < -0.3 is 5.73 Å². The van der Waals surface area contributed by atoms with Gasteiger partial charge in [0, 0.05) is 6.04 Å². The number of benzene rings is 1. The molecule has 0 aliphatic rings. The Hall–Kier alpha value is -0.950. The molecule has 1 rings (SSSR count). The van der Waals surface area contributed by atoms with E-state index < -0.39 is 40.5 Å². The maximum absolute atomic E-state index is 12.9. The van der Waals surface area contributed by atoms with Gasteiger partial charge in [-0.05, 0) is 29.2 Å². The minimum Gasteiger partial charge on any atom is -0.323 e. The molecule has 1 aromatic rings. The molecule has 0 bridgehead atoms. The number of halogens is 7. The zero-order valence-electron chi connectivity index (χ0n) is 11.6. The molecule has 0 fully saturated rings. The third kappa shape index (κ3) is 4.78. The third-order valence-corrected chi connectivity index (χ3v) is 2.95. The van der Waals surface area contributed by atoms with Gasteiger partial charge in [0.25, 0.3) is 0 Å². The Balaban J connectivity index is 0.00000400. The van der Waals surface area contributed by atoms with Gasteiger partial charge in [0.15, 0.2) is 0 Å². The van der Waals surface area contributed by atoms with Crippen molar-refractivity contribution in [3.63, 3.8) is 0 Å². The first-order valence-electron chi connectivity index (χ1n) is 5.78. The van der Waals surface area contributed by atoms with Crippen LogP contribution in [-0.4, -0.2) is 0 Å². The van der Waals surface area contributed by atoms with Crippen LogP contribution in [0.15, 0.2) is 18.2 Å². The van der Waals surface area contributed by atoms with Crippen LogP contribution in [0.1, 0.15) is 43.5 Å². The van der Waals surface area contributed by atoms with Crippen molar-refractivity contribution in [3.05, 3.63) is 34.9 Å². The predicted octanol–water partition coefficient (Wildman–Crippen LogP) is 5.19. The summed E-state index contributed by atoms with van der Waals surface area (Å²) in [5.74, 6) is 0. The van der Waals surface area contributed by atoms with Gasteiger partial charge in [0.1, 0.15) is 0 Å². The van der Waals surface area contributed by atoms with Crippen molar-refractivity contribution in [2.24, 2.45) is 11.1 Å². The highest BCUT2D eigenvalue weighted by molar-refractivity contribution is 5.85. The molecule has 21 heavy (non-hydrogen) atoms. The van der Waals surface area contributed by atoms with E-state index >= 15 is 0 Å². The Labute approximate surface area is 124 Å². The Morgan fingerprint density at radius 2 is 1.38 bits per heavy atom. The van der Waals surface area contributed by atoms with Crippen molar-refractivity contribution in [3.8, 4) is 0 Å². The molecule has 0 aliphatic carbocycles. The average molecular weight is 336 g/mol. The smallest absolute Gasteiger partial charge is 0.323 e. The van der Waals surface area contributed by atoms with Crippen LogP contribution in [0, 0.1) is 5.41 Å². The Morgan fingerprint density at radius 3 is 1.71 bits per heavy atom. The van der Waals surface area contributed by atoms with E-state index in [2.05, 4.69) is 0 Å². The van der Waals surface area contributed by atoms with Gasteiger partial charge in [-0.2, -0.15) is 26.3 Å². The van der Waals surface area contributed by atoms with E-state index in [1.54, 1.807) is 20.8 Å². The Bertz CT molecular complexity index is 487. The van der Waals surface area contributed by atoms with E-state index in [-0.39, 0.29) is 12.4 Å². The van der Waals surface area contributed by atoms with Crippen molar-refractivity contribution in [2.45, 2.75) is 39.2 Å². The minimum absolute atomic E-state index is 0. The monoisotopic (exact) mass is 335 g/mol. The molecule has 0 aliphatic heterocycles. The van der Waals surface area contributed by atoms with Crippen LogP contribution in [0.2, 0.25) is 0 Å². The molecule has 8 heteroatoms. The second kappa shape index (κ2) is 6.04. The zero-order valence-corrected chi connectivity index (χ0v) is 12.4. The summed E-state index contributed by atoms with van der Waals surface area (Å²) in [6.07, 6.45) is -9.46. The van der Waals surface area contributed by atoms with Crippen LogP contribution in [-0.2, 0) is 12.4 Å². The molecular formula is C13H16ClF6N. The summed E-state index contributed by atoms with van der Waals surface area (Å²) < 4.78 is 76.6. The lowest BCUT2D eigenvalue weighted by atomic mass is 9.80. The van der Waals surface area contributed by atoms with Crippen LogP contribution in [0.4, 0.5) is 26.3 Å². The van der Waals surface area contributed by atoms with Gasteiger partial charge in [-0.15, -0.1) is 12.4 Å². The summed E-state index contributed by atoms with van der Waals surface area (Å²) in [6, 6.07) is 0.172. The van der Waals surface area contributed by atoms with Gasteiger partial charge in [-0.1, -0.05) is 20.8 Å². The lowest BCUT2D eigenvalue weighted by Gasteiger charge is -2.30. The molecule has 0 saturated heterocycles. The van der Waals surface area contributed by atoms with Gasteiger partial charge in [0.2, 0.25) is 0 Å². The molecule has 0 radical (unpaired) electrons. The summed E-state index contributed by atoms with van der Waals surface area (Å²) in [4.78, 5) is 0. The number of alkyl halides is 6. The molecule has 1 nitrogen and oxygen atoms in total. The fourth-order valence-corrected chi connectivity index (χ4v) is 1.72. The van der Waals surface area contributed by atoms with Crippen LogP contribution < -0.4 is 5.73 Å². The normalized spacial score (nSPS) is 14.6. The second-order valence-corrected chi connectivity index (χ2v) is 5.64. The molecular weight excluding hydrogens is 320 g/mol. The van der Waals surface area contributed by atoms with E-state index in [4.69, 9.17) is 5.73 Å².